The highest BCUT2D eigenvalue weighted by atomic mass is 35.5. The predicted octanol–water partition coefficient (Wildman–Crippen LogP) is 4.38. The lowest BCUT2D eigenvalue weighted by atomic mass is 9.99. The van der Waals surface area contributed by atoms with Gasteiger partial charge in [0.05, 0.1) is 5.75 Å². The molecule has 0 aliphatic carbocycles. The molecular formula is C27H40ClN3O3S. The Hall–Kier alpha value is -1.48. The van der Waals surface area contributed by atoms with Crippen LogP contribution in [0.4, 0.5) is 0 Å². The molecule has 3 rings (SSSR count). The molecule has 0 spiro atoms. The van der Waals surface area contributed by atoms with Crippen LogP contribution >= 0.6 is 11.6 Å². The summed E-state index contributed by atoms with van der Waals surface area (Å²) in [5.74, 6) is 0.197. The number of benzene rings is 2. The number of rotatable bonds is 15. The zero-order valence-corrected chi connectivity index (χ0v) is 22.2. The van der Waals surface area contributed by atoms with E-state index in [-0.39, 0.29) is 12.4 Å². The largest absolute Gasteiger partial charge is 0.396 e. The van der Waals surface area contributed by atoms with Crippen LogP contribution in [0, 0.1) is 0 Å². The Morgan fingerprint density at radius 3 is 2.26 bits per heavy atom. The molecule has 35 heavy (non-hydrogen) atoms. The van der Waals surface area contributed by atoms with Crippen molar-refractivity contribution in [2.75, 3.05) is 51.6 Å². The Kier molecular flexibility index (Phi) is 12.0. The molecule has 1 fully saturated rings. The number of unbranched alkanes of at least 4 members (excludes halogenated alkanes) is 4. The third-order valence-corrected chi connectivity index (χ3v) is 8.30. The molecule has 0 radical (unpaired) electrons. The Balaban J connectivity index is 1.31. The summed E-state index contributed by atoms with van der Waals surface area (Å²) in [5, 5.41) is 9.52. The van der Waals surface area contributed by atoms with E-state index in [9.17, 15) is 8.42 Å². The molecule has 0 bridgehead atoms. The summed E-state index contributed by atoms with van der Waals surface area (Å²) in [7, 11) is -3.18. The average molecular weight is 522 g/mol. The summed E-state index contributed by atoms with van der Waals surface area (Å²) in [6.45, 7) is 6.85. The monoisotopic (exact) mass is 521 g/mol. The molecule has 2 aromatic rings. The Labute approximate surface area is 216 Å². The second-order valence-electron chi connectivity index (χ2n) is 9.34. The van der Waals surface area contributed by atoms with Gasteiger partial charge in [-0.25, -0.2) is 13.1 Å². The molecule has 8 heteroatoms. The normalized spacial score (nSPS) is 15.5. The van der Waals surface area contributed by atoms with Crippen molar-refractivity contribution < 1.29 is 13.5 Å². The van der Waals surface area contributed by atoms with Crippen LogP contribution in [-0.4, -0.2) is 75.0 Å². The number of hydrogen-bond donors (Lipinski definition) is 2. The molecule has 1 aliphatic rings. The molecule has 0 aromatic heterocycles. The molecule has 2 aromatic carbocycles. The lowest BCUT2D eigenvalue weighted by molar-refractivity contribution is 0.125. The maximum atomic E-state index is 12.0. The van der Waals surface area contributed by atoms with Gasteiger partial charge in [-0.3, -0.25) is 4.90 Å². The van der Waals surface area contributed by atoms with Crippen molar-refractivity contribution in [3.05, 3.63) is 59.1 Å². The molecule has 194 valence electrons. The van der Waals surface area contributed by atoms with Crippen LogP contribution in [0.1, 0.15) is 44.1 Å². The first-order valence-electron chi connectivity index (χ1n) is 12.8. The van der Waals surface area contributed by atoms with Crippen molar-refractivity contribution in [3.63, 3.8) is 0 Å². The molecule has 0 amide bonds. The highest BCUT2D eigenvalue weighted by Crippen LogP contribution is 2.26. The molecule has 1 saturated heterocycles. The van der Waals surface area contributed by atoms with Gasteiger partial charge in [0.2, 0.25) is 10.0 Å². The van der Waals surface area contributed by atoms with Crippen LogP contribution < -0.4 is 4.72 Å². The van der Waals surface area contributed by atoms with E-state index in [2.05, 4.69) is 50.9 Å². The Morgan fingerprint density at radius 2 is 1.51 bits per heavy atom. The standard InChI is InChI=1S/C27H40ClN3O3S/c28-26-13-11-24(12-14-26)27-10-4-3-9-25(27)23-31-19-17-30(18-20-31)16-6-1-2-8-22-35(33,34)29-15-5-7-21-32/h3-4,9-14,29,32H,1-2,5-8,15-23H2. The fourth-order valence-electron chi connectivity index (χ4n) is 4.50. The topological polar surface area (TPSA) is 72.9 Å². The number of nitrogens with one attached hydrogen (secondary N) is 1. The maximum absolute atomic E-state index is 12.0. The highest BCUT2D eigenvalue weighted by Gasteiger charge is 2.18. The van der Waals surface area contributed by atoms with Gasteiger partial charge in [-0.1, -0.05) is 60.8 Å². The quantitative estimate of drug-likeness (QED) is 0.340. The second-order valence-corrected chi connectivity index (χ2v) is 11.7. The molecule has 0 unspecified atom stereocenters. The first kappa shape index (κ1) is 28.1. The number of hydrogen-bond acceptors (Lipinski definition) is 5. The number of aliphatic hydroxyl groups excluding tert-OH is 1. The molecule has 2 N–H and O–H groups in total. The summed E-state index contributed by atoms with van der Waals surface area (Å²) in [4.78, 5) is 5.06. The number of nitrogens with zero attached hydrogens (tertiary/aromatic N) is 2. The van der Waals surface area contributed by atoms with Gasteiger partial charge in [0.15, 0.2) is 0 Å². The fourth-order valence-corrected chi connectivity index (χ4v) is 5.81. The smallest absolute Gasteiger partial charge is 0.211 e. The number of aliphatic hydroxyl groups is 1. The van der Waals surface area contributed by atoms with Gasteiger partial charge in [-0.05, 0) is 61.1 Å². The van der Waals surface area contributed by atoms with Crippen LogP contribution in [0.25, 0.3) is 11.1 Å². The van der Waals surface area contributed by atoms with Crippen LogP contribution in [0.2, 0.25) is 5.02 Å². The molecular weight excluding hydrogens is 482 g/mol. The van der Waals surface area contributed by atoms with Gasteiger partial charge in [-0.2, -0.15) is 0 Å². The van der Waals surface area contributed by atoms with Crippen molar-refractivity contribution in [2.24, 2.45) is 0 Å². The lowest BCUT2D eigenvalue weighted by Crippen LogP contribution is -2.46. The van der Waals surface area contributed by atoms with Crippen molar-refractivity contribution in [1.82, 2.24) is 14.5 Å². The van der Waals surface area contributed by atoms with Gasteiger partial charge >= 0.3 is 0 Å². The zero-order valence-electron chi connectivity index (χ0n) is 20.7. The van der Waals surface area contributed by atoms with E-state index in [0.29, 0.717) is 25.8 Å². The first-order chi connectivity index (χ1) is 17.0. The SMILES string of the molecule is O=S(=O)(CCCCCCN1CCN(Cc2ccccc2-c2ccc(Cl)cc2)CC1)NCCCCO. The highest BCUT2D eigenvalue weighted by molar-refractivity contribution is 7.89. The van der Waals surface area contributed by atoms with Gasteiger partial charge < -0.3 is 10.0 Å². The van der Waals surface area contributed by atoms with Gasteiger partial charge in [0, 0.05) is 50.9 Å². The molecule has 6 nitrogen and oxygen atoms in total. The van der Waals surface area contributed by atoms with Crippen molar-refractivity contribution in [3.8, 4) is 11.1 Å². The van der Waals surface area contributed by atoms with Crippen molar-refractivity contribution in [1.29, 1.82) is 0 Å². The predicted molar refractivity (Wildman–Crippen MR) is 145 cm³/mol. The minimum atomic E-state index is -3.18. The molecule has 0 saturated carbocycles. The summed E-state index contributed by atoms with van der Waals surface area (Å²) >= 11 is 6.07. The summed E-state index contributed by atoms with van der Waals surface area (Å²) in [5.41, 5.74) is 3.82. The van der Waals surface area contributed by atoms with Crippen LogP contribution in [-0.2, 0) is 16.6 Å². The Bertz CT molecular complexity index is 977. The third kappa shape index (κ3) is 10.2. The van der Waals surface area contributed by atoms with E-state index in [1.54, 1.807) is 0 Å². The van der Waals surface area contributed by atoms with Crippen LogP contribution in [0.15, 0.2) is 48.5 Å². The number of halogens is 1. The summed E-state index contributed by atoms with van der Waals surface area (Å²) in [6.07, 6.45) is 5.14. The summed E-state index contributed by atoms with van der Waals surface area (Å²) < 4.78 is 26.5. The minimum Gasteiger partial charge on any atom is -0.396 e. The van der Waals surface area contributed by atoms with Gasteiger partial charge in [0.1, 0.15) is 0 Å². The van der Waals surface area contributed by atoms with Crippen molar-refractivity contribution in [2.45, 2.75) is 45.1 Å². The molecule has 0 atom stereocenters. The van der Waals surface area contributed by atoms with Crippen molar-refractivity contribution >= 4 is 21.6 Å². The van der Waals surface area contributed by atoms with Crippen LogP contribution in [0.5, 0.6) is 0 Å². The third-order valence-electron chi connectivity index (χ3n) is 6.58. The van der Waals surface area contributed by atoms with E-state index >= 15 is 0 Å². The van der Waals surface area contributed by atoms with Crippen LogP contribution in [0.3, 0.4) is 0 Å². The summed E-state index contributed by atoms with van der Waals surface area (Å²) in [6, 6.07) is 16.7. The van der Waals surface area contributed by atoms with E-state index < -0.39 is 10.0 Å². The van der Waals surface area contributed by atoms with Gasteiger partial charge in [0.25, 0.3) is 0 Å². The average Bonchev–Trinajstić information content (AvgIpc) is 2.86. The van der Waals surface area contributed by atoms with E-state index in [4.69, 9.17) is 16.7 Å². The Morgan fingerprint density at radius 1 is 0.829 bits per heavy atom. The molecule has 1 heterocycles. The lowest BCUT2D eigenvalue weighted by Gasteiger charge is -2.35. The van der Waals surface area contributed by atoms with E-state index in [1.807, 2.05) is 12.1 Å². The first-order valence-corrected chi connectivity index (χ1v) is 14.9. The zero-order chi connectivity index (χ0) is 24.9. The van der Waals surface area contributed by atoms with Gasteiger partial charge in [-0.15, -0.1) is 0 Å². The number of piperazine rings is 1. The van der Waals surface area contributed by atoms with E-state index in [0.717, 1.165) is 63.6 Å². The minimum absolute atomic E-state index is 0.106. The maximum Gasteiger partial charge on any atom is 0.211 e. The second kappa shape index (κ2) is 14.9. The molecule has 1 aliphatic heterocycles. The fraction of sp³-hybridized carbons (Fsp3) is 0.556. The van der Waals surface area contributed by atoms with E-state index in [1.165, 1.54) is 16.7 Å². The number of sulfonamides is 1.